The van der Waals surface area contributed by atoms with Gasteiger partial charge in [0, 0.05) is 32.2 Å². The molecule has 0 spiro atoms. The highest BCUT2D eigenvalue weighted by molar-refractivity contribution is 5.79. The van der Waals surface area contributed by atoms with Crippen LogP contribution in [0.15, 0.2) is 0 Å². The van der Waals surface area contributed by atoms with Gasteiger partial charge < -0.3 is 15.1 Å². The number of nitrogens with one attached hydrogen (secondary N) is 1. The van der Waals surface area contributed by atoms with Crippen molar-refractivity contribution >= 4 is 11.8 Å². The zero-order valence-electron chi connectivity index (χ0n) is 13.3. The van der Waals surface area contributed by atoms with Gasteiger partial charge in [0.1, 0.15) is 0 Å². The molecule has 2 saturated heterocycles. The average Bonchev–Trinajstić information content (AvgIpc) is 3.02. The Kier molecular flexibility index (Phi) is 5.99. The number of likely N-dealkylation sites (N-methyl/N-ethyl adjacent to an activating group) is 2. The zero-order valence-corrected chi connectivity index (χ0v) is 13.3. The van der Waals surface area contributed by atoms with E-state index in [4.69, 9.17) is 0 Å². The maximum atomic E-state index is 12.2. The summed E-state index contributed by atoms with van der Waals surface area (Å²) in [5.74, 6) is 0.426. The largest absolute Gasteiger partial charge is 0.342 e. The fraction of sp³-hybridized carbons (Fsp3) is 0.867. The first-order valence-corrected chi connectivity index (χ1v) is 8.02. The van der Waals surface area contributed by atoms with Gasteiger partial charge in [-0.3, -0.25) is 14.5 Å². The van der Waals surface area contributed by atoms with Crippen LogP contribution in [0.4, 0.5) is 0 Å². The van der Waals surface area contributed by atoms with Gasteiger partial charge >= 0.3 is 0 Å². The monoisotopic (exact) mass is 296 g/mol. The van der Waals surface area contributed by atoms with Crippen molar-refractivity contribution in [3.8, 4) is 0 Å². The molecular formula is C15H28N4O2. The van der Waals surface area contributed by atoms with Gasteiger partial charge in [-0.2, -0.15) is 0 Å². The van der Waals surface area contributed by atoms with Crippen LogP contribution in [0, 0.1) is 0 Å². The lowest BCUT2D eigenvalue weighted by molar-refractivity contribution is -0.134. The van der Waals surface area contributed by atoms with E-state index in [-0.39, 0.29) is 11.8 Å². The lowest BCUT2D eigenvalue weighted by Crippen LogP contribution is -2.49. The number of rotatable bonds is 5. The maximum absolute atomic E-state index is 12.2. The number of nitrogens with zero attached hydrogens (tertiary/aromatic N) is 3. The lowest BCUT2D eigenvalue weighted by Gasteiger charge is -2.37. The van der Waals surface area contributed by atoms with E-state index in [1.54, 1.807) is 7.05 Å². The van der Waals surface area contributed by atoms with Crippen molar-refractivity contribution < 1.29 is 9.59 Å². The van der Waals surface area contributed by atoms with Crippen LogP contribution >= 0.6 is 0 Å². The summed E-state index contributed by atoms with van der Waals surface area (Å²) in [7, 11) is 3.83. The van der Waals surface area contributed by atoms with Gasteiger partial charge in [0.25, 0.3) is 0 Å². The van der Waals surface area contributed by atoms with Gasteiger partial charge in [-0.15, -0.1) is 0 Å². The quantitative estimate of drug-likeness (QED) is 0.760. The van der Waals surface area contributed by atoms with Crippen LogP contribution in [0.5, 0.6) is 0 Å². The average molecular weight is 296 g/mol. The number of likely N-dealkylation sites (tertiary alicyclic amines) is 2. The number of carbonyl (C=O) groups excluding carboxylic acids is 2. The Morgan fingerprint density at radius 1 is 1.05 bits per heavy atom. The Hall–Kier alpha value is -1.14. The predicted octanol–water partition coefficient (Wildman–Crippen LogP) is -0.249. The van der Waals surface area contributed by atoms with Crippen molar-refractivity contribution in [2.45, 2.75) is 31.7 Å². The highest BCUT2D eigenvalue weighted by atomic mass is 16.2. The molecule has 1 N–H and O–H groups in total. The summed E-state index contributed by atoms with van der Waals surface area (Å²) in [6, 6.07) is 0.412. The van der Waals surface area contributed by atoms with Crippen molar-refractivity contribution in [3.05, 3.63) is 0 Å². The SMILES string of the molecule is CNCC(=O)N1CCC(N(C)CC(=O)N2CCCC2)CC1. The first kappa shape index (κ1) is 16.2. The molecule has 2 aliphatic rings. The molecule has 0 aromatic carbocycles. The second-order valence-electron chi connectivity index (χ2n) is 6.15. The fourth-order valence-electron chi connectivity index (χ4n) is 3.23. The van der Waals surface area contributed by atoms with E-state index < -0.39 is 0 Å². The van der Waals surface area contributed by atoms with Gasteiger partial charge in [-0.05, 0) is 39.8 Å². The normalized spacial score (nSPS) is 20.3. The van der Waals surface area contributed by atoms with Crippen molar-refractivity contribution in [3.63, 3.8) is 0 Å². The summed E-state index contributed by atoms with van der Waals surface area (Å²) in [5.41, 5.74) is 0. The van der Waals surface area contributed by atoms with Crippen LogP contribution in [-0.2, 0) is 9.59 Å². The molecule has 120 valence electrons. The second-order valence-corrected chi connectivity index (χ2v) is 6.15. The number of carbonyl (C=O) groups is 2. The zero-order chi connectivity index (χ0) is 15.2. The third-order valence-corrected chi connectivity index (χ3v) is 4.61. The van der Waals surface area contributed by atoms with E-state index in [9.17, 15) is 9.59 Å². The minimum absolute atomic E-state index is 0.173. The molecule has 0 atom stereocenters. The minimum atomic E-state index is 0.173. The third kappa shape index (κ3) is 4.41. The Morgan fingerprint density at radius 2 is 1.62 bits per heavy atom. The molecule has 0 aromatic rings. The highest BCUT2D eigenvalue weighted by Gasteiger charge is 2.27. The maximum Gasteiger partial charge on any atom is 0.236 e. The minimum Gasteiger partial charge on any atom is -0.342 e. The Morgan fingerprint density at radius 3 is 2.19 bits per heavy atom. The van der Waals surface area contributed by atoms with E-state index in [2.05, 4.69) is 10.2 Å². The third-order valence-electron chi connectivity index (χ3n) is 4.61. The summed E-state index contributed by atoms with van der Waals surface area (Å²) in [5, 5.41) is 2.90. The number of hydrogen-bond donors (Lipinski definition) is 1. The molecular weight excluding hydrogens is 268 g/mol. The molecule has 2 fully saturated rings. The summed E-state index contributed by atoms with van der Waals surface area (Å²) in [6.07, 6.45) is 4.20. The van der Waals surface area contributed by atoms with E-state index in [0.29, 0.717) is 19.1 Å². The molecule has 6 nitrogen and oxygen atoms in total. The molecule has 2 amide bonds. The molecule has 0 bridgehead atoms. The van der Waals surface area contributed by atoms with E-state index in [0.717, 1.165) is 51.9 Å². The topological polar surface area (TPSA) is 55.9 Å². The molecule has 6 heteroatoms. The van der Waals surface area contributed by atoms with Crippen LogP contribution in [0.3, 0.4) is 0 Å². The molecule has 21 heavy (non-hydrogen) atoms. The summed E-state index contributed by atoms with van der Waals surface area (Å²) >= 11 is 0. The van der Waals surface area contributed by atoms with Crippen LogP contribution in [0.25, 0.3) is 0 Å². The molecule has 0 aromatic heterocycles. The van der Waals surface area contributed by atoms with Gasteiger partial charge in [-0.25, -0.2) is 0 Å². The first-order chi connectivity index (χ1) is 10.1. The number of piperidine rings is 1. The molecule has 2 heterocycles. The number of amides is 2. The molecule has 0 saturated carbocycles. The molecule has 0 aliphatic carbocycles. The Balaban J connectivity index is 1.73. The van der Waals surface area contributed by atoms with E-state index in [1.165, 1.54) is 0 Å². The Bertz CT molecular complexity index is 361. The van der Waals surface area contributed by atoms with Crippen LogP contribution in [-0.4, -0.2) is 85.9 Å². The molecule has 0 unspecified atom stereocenters. The first-order valence-electron chi connectivity index (χ1n) is 8.02. The Labute approximate surface area is 127 Å². The predicted molar refractivity (Wildman–Crippen MR) is 82.0 cm³/mol. The molecule has 0 radical (unpaired) electrons. The fourth-order valence-corrected chi connectivity index (χ4v) is 3.23. The van der Waals surface area contributed by atoms with Crippen molar-refractivity contribution in [2.75, 3.05) is 53.4 Å². The van der Waals surface area contributed by atoms with Crippen LogP contribution in [0.1, 0.15) is 25.7 Å². The molecule has 2 aliphatic heterocycles. The van der Waals surface area contributed by atoms with Gasteiger partial charge in [0.2, 0.25) is 11.8 Å². The standard InChI is InChI=1S/C15H28N4O2/c1-16-11-14(20)19-9-5-13(6-10-19)17(2)12-15(21)18-7-3-4-8-18/h13,16H,3-12H2,1-2H3. The van der Waals surface area contributed by atoms with Gasteiger partial charge in [0.15, 0.2) is 0 Å². The van der Waals surface area contributed by atoms with Crippen LogP contribution in [0.2, 0.25) is 0 Å². The van der Waals surface area contributed by atoms with E-state index >= 15 is 0 Å². The van der Waals surface area contributed by atoms with Crippen molar-refractivity contribution in [1.29, 1.82) is 0 Å². The second kappa shape index (κ2) is 7.75. The van der Waals surface area contributed by atoms with Gasteiger partial charge in [0.05, 0.1) is 13.1 Å². The summed E-state index contributed by atoms with van der Waals surface area (Å²) in [4.78, 5) is 30.0. The van der Waals surface area contributed by atoms with Gasteiger partial charge in [-0.1, -0.05) is 0 Å². The van der Waals surface area contributed by atoms with Crippen LogP contribution < -0.4 is 5.32 Å². The van der Waals surface area contributed by atoms with Crippen molar-refractivity contribution in [2.24, 2.45) is 0 Å². The van der Waals surface area contributed by atoms with Crippen molar-refractivity contribution in [1.82, 2.24) is 20.0 Å². The lowest BCUT2D eigenvalue weighted by atomic mass is 10.0. The molecule has 2 rings (SSSR count). The number of hydrogen-bond acceptors (Lipinski definition) is 4. The van der Waals surface area contributed by atoms with E-state index in [1.807, 2.05) is 16.8 Å². The highest BCUT2D eigenvalue weighted by Crippen LogP contribution is 2.16. The smallest absolute Gasteiger partial charge is 0.236 e. The summed E-state index contributed by atoms with van der Waals surface area (Å²) in [6.45, 7) is 4.36. The summed E-state index contributed by atoms with van der Waals surface area (Å²) < 4.78 is 0.